The van der Waals surface area contributed by atoms with Crippen molar-refractivity contribution in [1.82, 2.24) is 20.3 Å². The second kappa shape index (κ2) is 6.80. The molecular formula is C16H22N4O2S. The van der Waals surface area contributed by atoms with Crippen molar-refractivity contribution in [2.24, 2.45) is 5.92 Å². The maximum Gasteiger partial charge on any atom is 0.271 e. The summed E-state index contributed by atoms with van der Waals surface area (Å²) in [5.41, 5.74) is -0.219. The van der Waals surface area contributed by atoms with E-state index in [0.29, 0.717) is 22.4 Å². The Balaban J connectivity index is 1.72. The van der Waals surface area contributed by atoms with Crippen molar-refractivity contribution in [3.63, 3.8) is 0 Å². The number of aliphatic hydroxyl groups excluding tert-OH is 1. The topological polar surface area (TPSA) is 90.9 Å². The summed E-state index contributed by atoms with van der Waals surface area (Å²) in [5, 5.41) is 15.3. The molecule has 3 rings (SSSR count). The number of H-pyrrole nitrogens is 1. The van der Waals surface area contributed by atoms with Gasteiger partial charge in [-0.25, -0.2) is 9.97 Å². The normalized spacial score (nSPS) is 18.5. The predicted molar refractivity (Wildman–Crippen MR) is 89.2 cm³/mol. The van der Waals surface area contributed by atoms with E-state index in [-0.39, 0.29) is 12.5 Å². The Kier molecular flexibility index (Phi) is 4.77. The van der Waals surface area contributed by atoms with Gasteiger partial charge < -0.3 is 15.4 Å². The van der Waals surface area contributed by atoms with Crippen LogP contribution in [0.2, 0.25) is 0 Å². The minimum Gasteiger partial charge on any atom is -0.394 e. The lowest BCUT2D eigenvalue weighted by molar-refractivity contribution is 0.0676. The molecule has 1 aliphatic rings. The summed E-state index contributed by atoms with van der Waals surface area (Å²) in [7, 11) is 0. The average Bonchev–Trinajstić information content (AvgIpc) is 3.26. The van der Waals surface area contributed by atoms with Crippen molar-refractivity contribution in [3.8, 4) is 10.8 Å². The number of carbonyl (C=O) groups excluding carboxylic acids is 1. The second-order valence-corrected chi connectivity index (χ2v) is 7.20. The van der Waals surface area contributed by atoms with E-state index in [1.54, 1.807) is 17.8 Å². The summed E-state index contributed by atoms with van der Waals surface area (Å²) in [6.07, 6.45) is 9.04. The van der Waals surface area contributed by atoms with Gasteiger partial charge >= 0.3 is 0 Å². The molecule has 1 fully saturated rings. The molecule has 1 aliphatic carbocycles. The van der Waals surface area contributed by atoms with E-state index in [1.165, 1.54) is 17.8 Å². The molecule has 124 valence electrons. The minimum atomic E-state index is -0.591. The minimum absolute atomic E-state index is 0.0570. The van der Waals surface area contributed by atoms with Crippen LogP contribution in [0.25, 0.3) is 10.8 Å². The number of rotatable bonds is 5. The molecule has 0 saturated heterocycles. The Morgan fingerprint density at radius 1 is 1.48 bits per heavy atom. The number of imidazole rings is 1. The molecule has 0 spiro atoms. The fourth-order valence-corrected chi connectivity index (χ4v) is 3.96. The summed E-state index contributed by atoms with van der Waals surface area (Å²) < 4.78 is 0. The lowest BCUT2D eigenvalue weighted by Crippen LogP contribution is -2.54. The van der Waals surface area contributed by atoms with E-state index < -0.39 is 5.54 Å². The third-order valence-electron chi connectivity index (χ3n) is 4.67. The summed E-state index contributed by atoms with van der Waals surface area (Å²) in [6, 6.07) is 0. The van der Waals surface area contributed by atoms with Gasteiger partial charge in [-0.3, -0.25) is 4.79 Å². The lowest BCUT2D eigenvalue weighted by atomic mass is 9.76. The monoisotopic (exact) mass is 334 g/mol. The highest BCUT2D eigenvalue weighted by Gasteiger charge is 2.36. The highest BCUT2D eigenvalue weighted by molar-refractivity contribution is 7.13. The Morgan fingerprint density at radius 3 is 2.91 bits per heavy atom. The molecule has 0 aliphatic heterocycles. The lowest BCUT2D eigenvalue weighted by Gasteiger charge is -2.39. The quantitative estimate of drug-likeness (QED) is 0.784. The largest absolute Gasteiger partial charge is 0.394 e. The highest BCUT2D eigenvalue weighted by atomic mass is 32.1. The van der Waals surface area contributed by atoms with Crippen LogP contribution in [0.3, 0.4) is 0 Å². The molecule has 7 heteroatoms. The molecule has 3 N–H and O–H groups in total. The van der Waals surface area contributed by atoms with Crippen molar-refractivity contribution in [3.05, 3.63) is 23.5 Å². The number of aromatic amines is 1. The molecule has 0 radical (unpaired) electrons. The second-order valence-electron chi connectivity index (χ2n) is 6.34. The smallest absolute Gasteiger partial charge is 0.271 e. The van der Waals surface area contributed by atoms with Crippen LogP contribution in [0.15, 0.2) is 17.8 Å². The van der Waals surface area contributed by atoms with Gasteiger partial charge in [0, 0.05) is 17.8 Å². The third kappa shape index (κ3) is 3.45. The number of hydrogen-bond acceptors (Lipinski definition) is 5. The summed E-state index contributed by atoms with van der Waals surface area (Å²) in [4.78, 5) is 24.0. The van der Waals surface area contributed by atoms with Gasteiger partial charge in [0.25, 0.3) is 5.91 Å². The molecule has 1 unspecified atom stereocenters. The zero-order chi connectivity index (χ0) is 16.3. The summed E-state index contributed by atoms with van der Waals surface area (Å²) >= 11 is 1.38. The first-order chi connectivity index (χ1) is 11.1. The van der Waals surface area contributed by atoms with Gasteiger partial charge in [0.2, 0.25) is 0 Å². The van der Waals surface area contributed by atoms with Gasteiger partial charge in [-0.15, -0.1) is 11.3 Å². The Hall–Kier alpha value is -1.73. The van der Waals surface area contributed by atoms with Crippen molar-refractivity contribution in [1.29, 1.82) is 0 Å². The molecule has 0 bridgehead atoms. The van der Waals surface area contributed by atoms with Gasteiger partial charge in [0.15, 0.2) is 10.8 Å². The van der Waals surface area contributed by atoms with Gasteiger partial charge in [0.1, 0.15) is 5.69 Å². The fourth-order valence-electron chi connectivity index (χ4n) is 3.20. The van der Waals surface area contributed by atoms with Crippen LogP contribution >= 0.6 is 11.3 Å². The van der Waals surface area contributed by atoms with Gasteiger partial charge in [0.05, 0.1) is 12.1 Å². The number of amides is 1. The van der Waals surface area contributed by atoms with E-state index in [1.807, 2.05) is 6.92 Å². The van der Waals surface area contributed by atoms with Crippen LogP contribution in [0.1, 0.15) is 49.5 Å². The number of nitrogens with one attached hydrogen (secondary N) is 2. The Morgan fingerprint density at radius 2 is 2.26 bits per heavy atom. The van der Waals surface area contributed by atoms with Crippen LogP contribution in [0, 0.1) is 5.92 Å². The average molecular weight is 334 g/mol. The molecule has 2 aromatic heterocycles. The molecule has 2 aromatic rings. The Bertz CT molecular complexity index is 649. The number of carbonyl (C=O) groups is 1. The van der Waals surface area contributed by atoms with Crippen LogP contribution < -0.4 is 5.32 Å². The number of aromatic nitrogens is 3. The first-order valence-electron chi connectivity index (χ1n) is 8.01. The van der Waals surface area contributed by atoms with E-state index in [0.717, 1.165) is 25.7 Å². The van der Waals surface area contributed by atoms with E-state index >= 15 is 0 Å². The molecule has 2 heterocycles. The van der Waals surface area contributed by atoms with Crippen molar-refractivity contribution >= 4 is 17.2 Å². The first-order valence-corrected chi connectivity index (χ1v) is 8.89. The van der Waals surface area contributed by atoms with Crippen molar-refractivity contribution in [2.45, 2.75) is 44.6 Å². The number of nitrogens with zero attached hydrogens (tertiary/aromatic N) is 2. The highest BCUT2D eigenvalue weighted by Crippen LogP contribution is 2.32. The summed E-state index contributed by atoms with van der Waals surface area (Å²) in [6.45, 7) is 1.87. The molecule has 1 atom stereocenters. The van der Waals surface area contributed by atoms with Crippen molar-refractivity contribution < 1.29 is 9.90 Å². The van der Waals surface area contributed by atoms with Crippen LogP contribution in [0.5, 0.6) is 0 Å². The predicted octanol–water partition coefficient (Wildman–Crippen LogP) is 2.59. The van der Waals surface area contributed by atoms with Crippen LogP contribution in [-0.4, -0.2) is 38.1 Å². The van der Waals surface area contributed by atoms with E-state index in [9.17, 15) is 9.90 Å². The Labute approximate surface area is 139 Å². The van der Waals surface area contributed by atoms with Crippen LogP contribution in [0.4, 0.5) is 0 Å². The van der Waals surface area contributed by atoms with E-state index in [4.69, 9.17) is 0 Å². The summed E-state index contributed by atoms with van der Waals surface area (Å²) in [5.74, 6) is 0.737. The van der Waals surface area contributed by atoms with Gasteiger partial charge in [-0.1, -0.05) is 19.3 Å². The molecular weight excluding hydrogens is 312 g/mol. The van der Waals surface area contributed by atoms with Gasteiger partial charge in [-0.2, -0.15) is 0 Å². The zero-order valence-corrected chi connectivity index (χ0v) is 14.0. The molecule has 23 heavy (non-hydrogen) atoms. The van der Waals surface area contributed by atoms with Crippen LogP contribution in [-0.2, 0) is 0 Å². The molecule has 0 aromatic carbocycles. The molecule has 1 saturated carbocycles. The number of thiazole rings is 1. The first kappa shape index (κ1) is 16.1. The van der Waals surface area contributed by atoms with Gasteiger partial charge in [-0.05, 0) is 25.7 Å². The van der Waals surface area contributed by atoms with Crippen molar-refractivity contribution in [2.75, 3.05) is 6.61 Å². The third-order valence-corrected chi connectivity index (χ3v) is 5.52. The maximum absolute atomic E-state index is 12.5. The standard InChI is InChI=1S/C16H22N4O2S/c1-16(10-21,11-5-3-2-4-6-11)20-14(22)12-9-23-15(19-12)13-17-7-8-18-13/h7-9,11,21H,2-6,10H2,1H3,(H,17,18)(H,20,22). The maximum atomic E-state index is 12.5. The number of aliphatic hydroxyl groups is 1. The number of hydrogen-bond donors (Lipinski definition) is 3. The fraction of sp³-hybridized carbons (Fsp3) is 0.562. The molecule has 6 nitrogen and oxygen atoms in total. The zero-order valence-electron chi connectivity index (χ0n) is 13.2. The molecule has 1 amide bonds. The SMILES string of the molecule is CC(CO)(NC(=O)c1csc(-c2ncc[nH]2)n1)C1CCCCC1. The van der Waals surface area contributed by atoms with E-state index in [2.05, 4.69) is 20.3 Å².